The number of H-pyrrole nitrogens is 1. The predicted octanol–water partition coefficient (Wildman–Crippen LogP) is 3.43. The standard InChI is InChI=1S/C20H17N5O2/c1-13-11-18(27-14-7-3-2-4-8-14)25-20(22-13)21-12-17-23-16-10-6-5-9-15(16)19(26)24-17/h2-11H,12H2,1H3,(H,21,22,25)(H,23,24,26). The second-order valence-electron chi connectivity index (χ2n) is 5.97. The van der Waals surface area contributed by atoms with Crippen molar-refractivity contribution in [1.29, 1.82) is 0 Å². The third-order valence-corrected chi connectivity index (χ3v) is 3.87. The van der Waals surface area contributed by atoms with Crippen LogP contribution in [0, 0.1) is 6.92 Å². The maximum absolute atomic E-state index is 12.1. The Hall–Kier alpha value is -3.74. The molecule has 0 atom stereocenters. The number of anilines is 1. The number of hydrogen-bond donors (Lipinski definition) is 2. The van der Waals surface area contributed by atoms with Crippen LogP contribution in [-0.2, 0) is 6.54 Å². The van der Waals surface area contributed by atoms with Crippen molar-refractivity contribution >= 4 is 16.9 Å². The molecule has 0 bridgehead atoms. The average Bonchev–Trinajstić information content (AvgIpc) is 2.67. The summed E-state index contributed by atoms with van der Waals surface area (Å²) in [6, 6.07) is 18.4. The first-order valence-electron chi connectivity index (χ1n) is 8.48. The van der Waals surface area contributed by atoms with Crippen LogP contribution in [-0.4, -0.2) is 19.9 Å². The van der Waals surface area contributed by atoms with Crippen molar-refractivity contribution in [3.8, 4) is 11.6 Å². The number of nitrogens with zero attached hydrogens (tertiary/aromatic N) is 3. The minimum Gasteiger partial charge on any atom is -0.439 e. The molecule has 2 heterocycles. The minimum absolute atomic E-state index is 0.171. The number of ether oxygens (including phenoxy) is 1. The summed E-state index contributed by atoms with van der Waals surface area (Å²) in [5, 5.41) is 3.65. The quantitative estimate of drug-likeness (QED) is 0.567. The molecule has 0 aliphatic rings. The van der Waals surface area contributed by atoms with Crippen LogP contribution < -0.4 is 15.6 Å². The van der Waals surface area contributed by atoms with Crippen LogP contribution in [0.25, 0.3) is 10.9 Å². The fourth-order valence-electron chi connectivity index (χ4n) is 2.66. The SMILES string of the molecule is Cc1cc(Oc2ccccc2)nc(NCc2nc3ccccc3c(=O)[nH]2)n1. The van der Waals surface area contributed by atoms with Gasteiger partial charge in [0.05, 0.1) is 17.4 Å². The van der Waals surface area contributed by atoms with Gasteiger partial charge in [-0.15, -0.1) is 0 Å². The summed E-state index contributed by atoms with van der Waals surface area (Å²) in [5.74, 6) is 2.05. The molecular formula is C20H17N5O2. The lowest BCUT2D eigenvalue weighted by Crippen LogP contribution is -2.15. The molecule has 134 valence electrons. The second-order valence-corrected chi connectivity index (χ2v) is 5.97. The summed E-state index contributed by atoms with van der Waals surface area (Å²) >= 11 is 0. The molecule has 7 nitrogen and oxygen atoms in total. The van der Waals surface area contributed by atoms with Gasteiger partial charge in [0.25, 0.3) is 5.56 Å². The van der Waals surface area contributed by atoms with Crippen molar-refractivity contribution in [2.45, 2.75) is 13.5 Å². The molecule has 0 fully saturated rings. The van der Waals surface area contributed by atoms with Crippen LogP contribution in [0.1, 0.15) is 11.5 Å². The smallest absolute Gasteiger partial charge is 0.258 e. The van der Waals surface area contributed by atoms with E-state index in [1.165, 1.54) is 0 Å². The number of aromatic amines is 1. The number of fused-ring (bicyclic) bond motifs is 1. The topological polar surface area (TPSA) is 92.8 Å². The van der Waals surface area contributed by atoms with Gasteiger partial charge in [-0.25, -0.2) is 9.97 Å². The molecule has 0 aliphatic heterocycles. The lowest BCUT2D eigenvalue weighted by molar-refractivity contribution is 0.461. The molecule has 27 heavy (non-hydrogen) atoms. The number of rotatable bonds is 5. The number of hydrogen-bond acceptors (Lipinski definition) is 6. The van der Waals surface area contributed by atoms with Gasteiger partial charge >= 0.3 is 0 Å². The van der Waals surface area contributed by atoms with Crippen molar-refractivity contribution < 1.29 is 4.74 Å². The predicted molar refractivity (Wildman–Crippen MR) is 103 cm³/mol. The highest BCUT2D eigenvalue weighted by atomic mass is 16.5. The molecule has 2 aromatic heterocycles. The third kappa shape index (κ3) is 3.92. The number of nitrogens with one attached hydrogen (secondary N) is 2. The van der Waals surface area contributed by atoms with Crippen molar-refractivity contribution in [3.05, 3.63) is 82.5 Å². The Balaban J connectivity index is 1.54. The highest BCUT2D eigenvalue weighted by Gasteiger charge is 2.07. The maximum atomic E-state index is 12.1. The minimum atomic E-state index is -0.171. The third-order valence-electron chi connectivity index (χ3n) is 3.87. The Morgan fingerprint density at radius 1 is 1.00 bits per heavy atom. The van der Waals surface area contributed by atoms with Crippen LogP contribution in [0.15, 0.2) is 65.5 Å². The zero-order valence-electron chi connectivity index (χ0n) is 14.6. The molecule has 4 rings (SSSR count). The van der Waals surface area contributed by atoms with Gasteiger partial charge in [-0.05, 0) is 31.2 Å². The van der Waals surface area contributed by atoms with Crippen molar-refractivity contribution in [2.75, 3.05) is 5.32 Å². The molecule has 0 aliphatic carbocycles. The van der Waals surface area contributed by atoms with E-state index < -0.39 is 0 Å². The maximum Gasteiger partial charge on any atom is 0.258 e. The first-order valence-corrected chi connectivity index (χ1v) is 8.48. The summed E-state index contributed by atoms with van der Waals surface area (Å²) in [6.45, 7) is 2.15. The molecule has 0 amide bonds. The van der Waals surface area contributed by atoms with E-state index in [1.807, 2.05) is 55.5 Å². The van der Waals surface area contributed by atoms with Gasteiger partial charge < -0.3 is 15.0 Å². The van der Waals surface area contributed by atoms with E-state index in [0.717, 1.165) is 5.69 Å². The Morgan fingerprint density at radius 2 is 1.78 bits per heavy atom. The van der Waals surface area contributed by atoms with Crippen LogP contribution in [0.5, 0.6) is 11.6 Å². The largest absolute Gasteiger partial charge is 0.439 e. The number of aromatic nitrogens is 4. The zero-order chi connectivity index (χ0) is 18.6. The first kappa shape index (κ1) is 16.7. The van der Waals surface area contributed by atoms with Gasteiger partial charge in [0.15, 0.2) is 0 Å². The normalized spacial score (nSPS) is 10.7. The Kier molecular flexibility index (Phi) is 4.49. The van der Waals surface area contributed by atoms with Crippen molar-refractivity contribution in [1.82, 2.24) is 19.9 Å². The van der Waals surface area contributed by atoms with E-state index in [2.05, 4.69) is 25.3 Å². The van der Waals surface area contributed by atoms with E-state index >= 15 is 0 Å². The van der Waals surface area contributed by atoms with Gasteiger partial charge in [-0.2, -0.15) is 4.98 Å². The van der Waals surface area contributed by atoms with Crippen LogP contribution in [0.2, 0.25) is 0 Å². The van der Waals surface area contributed by atoms with E-state index in [1.54, 1.807) is 12.1 Å². The highest BCUT2D eigenvalue weighted by molar-refractivity contribution is 5.77. The fourth-order valence-corrected chi connectivity index (χ4v) is 2.66. The fraction of sp³-hybridized carbons (Fsp3) is 0.100. The van der Waals surface area contributed by atoms with Gasteiger partial charge in [0, 0.05) is 11.8 Å². The van der Waals surface area contributed by atoms with Gasteiger partial charge in [0.1, 0.15) is 11.6 Å². The van der Waals surface area contributed by atoms with Gasteiger partial charge in [0.2, 0.25) is 11.8 Å². The molecule has 2 aromatic carbocycles. The molecule has 0 unspecified atom stereocenters. The monoisotopic (exact) mass is 359 g/mol. The molecule has 0 saturated heterocycles. The summed E-state index contributed by atoms with van der Waals surface area (Å²) in [7, 11) is 0. The molecule has 7 heteroatoms. The summed E-state index contributed by atoms with van der Waals surface area (Å²) in [5.41, 5.74) is 1.24. The lowest BCUT2D eigenvalue weighted by atomic mass is 10.2. The number of benzene rings is 2. The molecule has 4 aromatic rings. The van der Waals surface area contributed by atoms with E-state index in [4.69, 9.17) is 4.74 Å². The van der Waals surface area contributed by atoms with Crippen molar-refractivity contribution in [3.63, 3.8) is 0 Å². The summed E-state index contributed by atoms with van der Waals surface area (Å²) in [4.78, 5) is 28.1. The number of aryl methyl sites for hydroxylation is 1. The average molecular weight is 359 g/mol. The van der Waals surface area contributed by atoms with E-state index in [9.17, 15) is 4.79 Å². The lowest BCUT2D eigenvalue weighted by Gasteiger charge is -2.09. The summed E-state index contributed by atoms with van der Waals surface area (Å²) < 4.78 is 5.76. The van der Waals surface area contributed by atoms with Gasteiger partial charge in [-0.1, -0.05) is 30.3 Å². The molecule has 0 spiro atoms. The Morgan fingerprint density at radius 3 is 2.63 bits per heavy atom. The molecule has 0 saturated carbocycles. The Bertz CT molecular complexity index is 1140. The second kappa shape index (κ2) is 7.25. The molecule has 2 N–H and O–H groups in total. The van der Waals surface area contributed by atoms with Crippen LogP contribution >= 0.6 is 0 Å². The van der Waals surface area contributed by atoms with E-state index in [0.29, 0.717) is 34.3 Å². The molecule has 0 radical (unpaired) electrons. The zero-order valence-corrected chi connectivity index (χ0v) is 14.6. The van der Waals surface area contributed by atoms with Gasteiger partial charge in [-0.3, -0.25) is 4.79 Å². The molecular weight excluding hydrogens is 342 g/mol. The Labute approximate surface area is 155 Å². The van der Waals surface area contributed by atoms with Crippen LogP contribution in [0.4, 0.5) is 5.95 Å². The summed E-state index contributed by atoms with van der Waals surface area (Å²) in [6.07, 6.45) is 0. The van der Waals surface area contributed by atoms with Crippen molar-refractivity contribution in [2.24, 2.45) is 0 Å². The number of para-hydroxylation sites is 2. The highest BCUT2D eigenvalue weighted by Crippen LogP contribution is 2.20. The van der Waals surface area contributed by atoms with Crippen LogP contribution in [0.3, 0.4) is 0 Å². The van der Waals surface area contributed by atoms with E-state index in [-0.39, 0.29) is 12.1 Å². The first-order chi connectivity index (χ1) is 13.2.